The highest BCUT2D eigenvalue weighted by Crippen LogP contribution is 2.34. The van der Waals surface area contributed by atoms with Crippen molar-refractivity contribution in [2.45, 2.75) is 10.6 Å². The molecule has 0 saturated heterocycles. The van der Waals surface area contributed by atoms with Crippen molar-refractivity contribution >= 4 is 56.6 Å². The van der Waals surface area contributed by atoms with Crippen LogP contribution in [0.4, 0.5) is 5.69 Å². The molecule has 0 bridgehead atoms. The molecule has 0 heterocycles. The molecule has 0 aliphatic carbocycles. The zero-order valence-electron chi connectivity index (χ0n) is 9.29. The first kappa shape index (κ1) is 14.1. The standard InChI is InChI=1S/C13H10BrCl2NS/c14-9-4-5-12(11(17)6-9)18-7-8-2-1-3-10(15)13(8)16/h1-6H,7,17H2. The first-order valence-corrected chi connectivity index (χ1v) is 7.72. The third-order valence-corrected chi connectivity index (χ3v) is 4.88. The average Bonchev–Trinajstić information content (AvgIpc) is 2.33. The van der Waals surface area contributed by atoms with Crippen LogP contribution in [0.5, 0.6) is 0 Å². The number of anilines is 1. The van der Waals surface area contributed by atoms with Gasteiger partial charge in [0.15, 0.2) is 0 Å². The number of nitrogen functional groups attached to an aromatic ring is 1. The largest absolute Gasteiger partial charge is 0.398 e. The van der Waals surface area contributed by atoms with E-state index >= 15 is 0 Å². The van der Waals surface area contributed by atoms with Crippen molar-refractivity contribution in [3.63, 3.8) is 0 Å². The Labute approximate surface area is 129 Å². The summed E-state index contributed by atoms with van der Waals surface area (Å²) in [5.74, 6) is 0.741. The Hall–Kier alpha value is -0.350. The van der Waals surface area contributed by atoms with Gasteiger partial charge in [-0.25, -0.2) is 0 Å². The molecule has 94 valence electrons. The molecule has 0 aliphatic rings. The van der Waals surface area contributed by atoms with Gasteiger partial charge in [0.25, 0.3) is 0 Å². The number of nitrogens with two attached hydrogens (primary N) is 1. The number of halogens is 3. The first-order chi connectivity index (χ1) is 8.58. The second-order valence-corrected chi connectivity index (χ2v) is 6.40. The van der Waals surface area contributed by atoms with Crippen LogP contribution in [0.25, 0.3) is 0 Å². The molecular weight excluding hydrogens is 353 g/mol. The molecule has 0 saturated carbocycles. The van der Waals surface area contributed by atoms with Gasteiger partial charge in [0.2, 0.25) is 0 Å². The third-order valence-electron chi connectivity index (χ3n) is 2.39. The van der Waals surface area contributed by atoms with E-state index in [0.29, 0.717) is 10.0 Å². The summed E-state index contributed by atoms with van der Waals surface area (Å²) < 4.78 is 0.977. The first-order valence-electron chi connectivity index (χ1n) is 5.18. The third kappa shape index (κ3) is 3.35. The molecule has 0 spiro atoms. The maximum Gasteiger partial charge on any atom is 0.0632 e. The van der Waals surface area contributed by atoms with Gasteiger partial charge in [-0.3, -0.25) is 0 Å². The van der Waals surface area contributed by atoms with E-state index in [1.54, 1.807) is 17.8 Å². The highest BCUT2D eigenvalue weighted by atomic mass is 79.9. The van der Waals surface area contributed by atoms with Crippen LogP contribution in [0.3, 0.4) is 0 Å². The highest BCUT2D eigenvalue weighted by molar-refractivity contribution is 9.10. The Kier molecular flexibility index (Phi) is 4.84. The van der Waals surface area contributed by atoms with Gasteiger partial charge in [-0.2, -0.15) is 0 Å². The summed E-state index contributed by atoms with van der Waals surface area (Å²) in [6.45, 7) is 0. The van der Waals surface area contributed by atoms with Crippen LogP contribution < -0.4 is 5.73 Å². The molecule has 2 N–H and O–H groups in total. The molecule has 5 heteroatoms. The zero-order chi connectivity index (χ0) is 13.1. The van der Waals surface area contributed by atoms with Crippen molar-refractivity contribution in [2.75, 3.05) is 5.73 Å². The number of thioether (sulfide) groups is 1. The van der Waals surface area contributed by atoms with Crippen molar-refractivity contribution in [3.05, 3.63) is 56.5 Å². The fourth-order valence-corrected chi connectivity index (χ4v) is 3.25. The molecule has 0 atom stereocenters. The predicted molar refractivity (Wildman–Crippen MR) is 84.6 cm³/mol. The molecule has 2 rings (SSSR count). The lowest BCUT2D eigenvalue weighted by Crippen LogP contribution is -1.89. The van der Waals surface area contributed by atoms with E-state index in [0.717, 1.165) is 26.4 Å². The van der Waals surface area contributed by atoms with Gasteiger partial charge in [0.1, 0.15) is 0 Å². The zero-order valence-corrected chi connectivity index (χ0v) is 13.2. The van der Waals surface area contributed by atoms with Gasteiger partial charge in [0, 0.05) is 20.8 Å². The molecule has 2 aromatic rings. The van der Waals surface area contributed by atoms with Gasteiger partial charge in [-0.05, 0) is 29.8 Å². The molecule has 0 fully saturated rings. The minimum Gasteiger partial charge on any atom is -0.398 e. The molecule has 0 aromatic heterocycles. The quantitative estimate of drug-likeness (QED) is 0.565. The molecule has 0 radical (unpaired) electrons. The molecule has 0 aliphatic heterocycles. The van der Waals surface area contributed by atoms with Gasteiger partial charge >= 0.3 is 0 Å². The number of hydrogen-bond donors (Lipinski definition) is 1. The van der Waals surface area contributed by atoms with Gasteiger partial charge < -0.3 is 5.73 Å². The van der Waals surface area contributed by atoms with E-state index < -0.39 is 0 Å². The second kappa shape index (κ2) is 6.20. The van der Waals surface area contributed by atoms with Gasteiger partial charge in [0.05, 0.1) is 10.0 Å². The predicted octanol–water partition coefficient (Wildman–Crippen LogP) is 5.63. The normalized spacial score (nSPS) is 10.6. The fourth-order valence-electron chi connectivity index (χ4n) is 1.47. The maximum absolute atomic E-state index is 6.14. The van der Waals surface area contributed by atoms with Crippen LogP contribution in [-0.4, -0.2) is 0 Å². The van der Waals surface area contributed by atoms with Gasteiger partial charge in [-0.15, -0.1) is 11.8 Å². The molecule has 2 aromatic carbocycles. The molecular formula is C13H10BrCl2NS. The Morgan fingerprint density at radius 2 is 1.94 bits per heavy atom. The smallest absolute Gasteiger partial charge is 0.0632 e. The topological polar surface area (TPSA) is 26.0 Å². The monoisotopic (exact) mass is 361 g/mol. The molecule has 0 unspecified atom stereocenters. The van der Waals surface area contributed by atoms with Crippen molar-refractivity contribution < 1.29 is 0 Å². The maximum atomic E-state index is 6.14. The fraction of sp³-hybridized carbons (Fsp3) is 0.0769. The lowest BCUT2D eigenvalue weighted by atomic mass is 10.2. The van der Waals surface area contributed by atoms with Crippen LogP contribution in [0.2, 0.25) is 10.0 Å². The summed E-state index contributed by atoms with van der Waals surface area (Å²) in [6.07, 6.45) is 0. The van der Waals surface area contributed by atoms with Crippen LogP contribution in [-0.2, 0) is 5.75 Å². The Morgan fingerprint density at radius 1 is 1.17 bits per heavy atom. The Bertz CT molecular complexity index is 575. The summed E-state index contributed by atoms with van der Waals surface area (Å²) in [5, 5.41) is 1.20. The van der Waals surface area contributed by atoms with E-state index in [1.165, 1.54) is 0 Å². The summed E-state index contributed by atoms with van der Waals surface area (Å²) in [7, 11) is 0. The second-order valence-electron chi connectivity index (χ2n) is 3.68. The lowest BCUT2D eigenvalue weighted by molar-refractivity contribution is 1.38. The lowest BCUT2D eigenvalue weighted by Gasteiger charge is -2.08. The van der Waals surface area contributed by atoms with Crippen molar-refractivity contribution in [2.24, 2.45) is 0 Å². The Morgan fingerprint density at radius 3 is 2.67 bits per heavy atom. The number of benzene rings is 2. The van der Waals surface area contributed by atoms with E-state index in [-0.39, 0.29) is 0 Å². The summed E-state index contributed by atoms with van der Waals surface area (Å²) in [5.41, 5.74) is 7.71. The number of hydrogen-bond acceptors (Lipinski definition) is 2. The van der Waals surface area contributed by atoms with E-state index in [9.17, 15) is 0 Å². The minimum absolute atomic E-state index is 0.582. The van der Waals surface area contributed by atoms with E-state index in [1.807, 2.05) is 30.3 Å². The van der Waals surface area contributed by atoms with Crippen LogP contribution in [0.15, 0.2) is 45.8 Å². The van der Waals surface area contributed by atoms with Gasteiger partial charge in [-0.1, -0.05) is 51.3 Å². The summed E-state index contributed by atoms with van der Waals surface area (Å²) in [4.78, 5) is 1.04. The molecule has 0 amide bonds. The van der Waals surface area contributed by atoms with Crippen LogP contribution >= 0.6 is 50.9 Å². The van der Waals surface area contributed by atoms with Crippen LogP contribution in [0.1, 0.15) is 5.56 Å². The Balaban J connectivity index is 2.14. The summed E-state index contributed by atoms with van der Waals surface area (Å²) in [6, 6.07) is 11.5. The summed E-state index contributed by atoms with van der Waals surface area (Å²) >= 11 is 17.1. The van der Waals surface area contributed by atoms with E-state index in [4.69, 9.17) is 28.9 Å². The van der Waals surface area contributed by atoms with Crippen molar-refractivity contribution in [1.82, 2.24) is 0 Å². The average molecular weight is 363 g/mol. The number of rotatable bonds is 3. The molecule has 18 heavy (non-hydrogen) atoms. The van der Waals surface area contributed by atoms with Crippen molar-refractivity contribution in [3.8, 4) is 0 Å². The van der Waals surface area contributed by atoms with Crippen molar-refractivity contribution in [1.29, 1.82) is 0 Å². The SMILES string of the molecule is Nc1cc(Br)ccc1SCc1cccc(Cl)c1Cl. The van der Waals surface area contributed by atoms with Crippen LogP contribution in [0, 0.1) is 0 Å². The minimum atomic E-state index is 0.582. The van der Waals surface area contributed by atoms with E-state index in [2.05, 4.69) is 15.9 Å². The molecule has 1 nitrogen and oxygen atoms in total. The highest BCUT2D eigenvalue weighted by Gasteiger charge is 2.06.